The smallest absolute Gasteiger partial charge is 0.213 e. The van der Waals surface area contributed by atoms with Crippen LogP contribution in [0.25, 0.3) is 0 Å². The molecule has 0 aliphatic heterocycles. The zero-order valence-corrected chi connectivity index (χ0v) is 11.8. The molecule has 0 aliphatic carbocycles. The number of nitrogens with two attached hydrogens (primary N) is 1. The number of aromatic nitrogens is 1. The van der Waals surface area contributed by atoms with Crippen molar-refractivity contribution in [1.29, 1.82) is 0 Å². The van der Waals surface area contributed by atoms with Crippen LogP contribution < -0.4 is 10.5 Å². The van der Waals surface area contributed by atoms with Crippen LogP contribution in [0, 0.1) is 0 Å². The van der Waals surface area contributed by atoms with Crippen LogP contribution in [0.1, 0.15) is 51.1 Å². The van der Waals surface area contributed by atoms with Gasteiger partial charge in [0.25, 0.3) is 0 Å². The minimum absolute atomic E-state index is 0.306. The highest BCUT2D eigenvalue weighted by molar-refractivity contribution is 7.80. The van der Waals surface area contributed by atoms with Gasteiger partial charge in [0, 0.05) is 6.07 Å². The molecule has 0 aliphatic rings. The minimum Gasteiger partial charge on any atom is -0.478 e. The second-order valence-corrected chi connectivity index (χ2v) is 4.78. The van der Waals surface area contributed by atoms with E-state index in [2.05, 4.69) is 11.9 Å². The van der Waals surface area contributed by atoms with E-state index in [1.54, 1.807) is 6.07 Å². The predicted molar refractivity (Wildman–Crippen MR) is 79.0 cm³/mol. The first kappa shape index (κ1) is 14.9. The van der Waals surface area contributed by atoms with Crippen molar-refractivity contribution in [2.45, 2.75) is 45.4 Å². The number of ether oxygens (including phenoxy) is 1. The fraction of sp³-hybridized carbons (Fsp3) is 0.571. The summed E-state index contributed by atoms with van der Waals surface area (Å²) in [6, 6.07) is 5.48. The van der Waals surface area contributed by atoms with E-state index >= 15 is 0 Å². The molecule has 0 fully saturated rings. The first-order valence-corrected chi connectivity index (χ1v) is 7.04. The third-order valence-corrected chi connectivity index (χ3v) is 2.93. The number of thiocarbonyl (C=S) groups is 1. The van der Waals surface area contributed by atoms with E-state index in [0.717, 1.165) is 6.42 Å². The highest BCUT2D eigenvalue weighted by Crippen LogP contribution is 2.09. The summed E-state index contributed by atoms with van der Waals surface area (Å²) in [5, 5.41) is 0. The molecule has 1 aromatic heterocycles. The van der Waals surface area contributed by atoms with Gasteiger partial charge in [0.2, 0.25) is 5.88 Å². The number of hydrogen-bond donors (Lipinski definition) is 1. The lowest BCUT2D eigenvalue weighted by atomic mass is 10.1. The molecule has 0 saturated heterocycles. The summed E-state index contributed by atoms with van der Waals surface area (Å²) in [4.78, 5) is 4.54. The van der Waals surface area contributed by atoms with Crippen LogP contribution in [0.4, 0.5) is 0 Å². The van der Waals surface area contributed by atoms with Gasteiger partial charge in [0.1, 0.15) is 10.7 Å². The molecule has 0 aromatic carbocycles. The molecule has 1 aromatic rings. The van der Waals surface area contributed by atoms with Crippen molar-refractivity contribution in [2.24, 2.45) is 5.73 Å². The summed E-state index contributed by atoms with van der Waals surface area (Å²) in [6.45, 7) is 2.93. The van der Waals surface area contributed by atoms with Gasteiger partial charge in [0.15, 0.2) is 0 Å². The van der Waals surface area contributed by atoms with Crippen LogP contribution >= 0.6 is 12.2 Å². The van der Waals surface area contributed by atoms with Crippen LogP contribution in [-0.2, 0) is 0 Å². The van der Waals surface area contributed by atoms with Gasteiger partial charge in [-0.3, -0.25) is 0 Å². The normalized spacial score (nSPS) is 10.3. The molecule has 0 bridgehead atoms. The molecule has 0 unspecified atom stereocenters. The molecule has 0 atom stereocenters. The first-order valence-electron chi connectivity index (χ1n) is 6.63. The topological polar surface area (TPSA) is 48.1 Å². The summed E-state index contributed by atoms with van der Waals surface area (Å²) >= 11 is 4.88. The van der Waals surface area contributed by atoms with Gasteiger partial charge in [-0.25, -0.2) is 4.98 Å². The zero-order valence-electron chi connectivity index (χ0n) is 11.0. The maximum atomic E-state index is 5.58. The van der Waals surface area contributed by atoms with Gasteiger partial charge in [-0.2, -0.15) is 0 Å². The Kier molecular flexibility index (Phi) is 7.34. The Balaban J connectivity index is 2.19. The van der Waals surface area contributed by atoms with Crippen molar-refractivity contribution < 1.29 is 4.74 Å². The molecular weight excluding hydrogens is 244 g/mol. The highest BCUT2D eigenvalue weighted by atomic mass is 32.1. The molecule has 2 N–H and O–H groups in total. The van der Waals surface area contributed by atoms with Crippen LogP contribution in [-0.4, -0.2) is 16.6 Å². The summed E-state index contributed by atoms with van der Waals surface area (Å²) in [7, 11) is 0. The van der Waals surface area contributed by atoms with Crippen LogP contribution in [0.5, 0.6) is 5.88 Å². The van der Waals surface area contributed by atoms with Crippen molar-refractivity contribution in [3.05, 3.63) is 23.9 Å². The zero-order chi connectivity index (χ0) is 13.2. The van der Waals surface area contributed by atoms with Gasteiger partial charge in [-0.05, 0) is 12.5 Å². The third-order valence-electron chi connectivity index (χ3n) is 2.72. The molecule has 4 heteroatoms. The molecule has 100 valence electrons. The lowest BCUT2D eigenvalue weighted by molar-refractivity contribution is 0.293. The van der Waals surface area contributed by atoms with E-state index < -0.39 is 0 Å². The van der Waals surface area contributed by atoms with Crippen molar-refractivity contribution in [3.63, 3.8) is 0 Å². The quantitative estimate of drug-likeness (QED) is 0.549. The lowest BCUT2D eigenvalue weighted by Gasteiger charge is -2.06. The average Bonchev–Trinajstić information content (AvgIpc) is 2.38. The summed E-state index contributed by atoms with van der Waals surface area (Å²) in [6.07, 6.45) is 7.52. The molecule has 1 heterocycles. The second kappa shape index (κ2) is 8.86. The summed E-state index contributed by atoms with van der Waals surface area (Å²) < 4.78 is 5.58. The van der Waals surface area contributed by atoms with Gasteiger partial charge in [-0.15, -0.1) is 0 Å². The van der Waals surface area contributed by atoms with Crippen LogP contribution in [0.3, 0.4) is 0 Å². The van der Waals surface area contributed by atoms with Crippen molar-refractivity contribution in [3.8, 4) is 5.88 Å². The molecule has 18 heavy (non-hydrogen) atoms. The van der Waals surface area contributed by atoms with Gasteiger partial charge in [-0.1, -0.05) is 57.3 Å². The Morgan fingerprint density at radius 3 is 2.67 bits per heavy atom. The number of pyridine rings is 1. The minimum atomic E-state index is 0.306. The highest BCUT2D eigenvalue weighted by Gasteiger charge is 2.00. The SMILES string of the molecule is CCCCCCCCOc1cccc(C(N)=S)n1. The Hall–Kier alpha value is -1.16. The summed E-state index contributed by atoms with van der Waals surface area (Å²) in [5.41, 5.74) is 6.14. The van der Waals surface area contributed by atoms with Crippen molar-refractivity contribution >= 4 is 17.2 Å². The second-order valence-electron chi connectivity index (χ2n) is 4.34. The Labute approximate surface area is 115 Å². The standard InChI is InChI=1S/C14H22N2OS/c1-2-3-4-5-6-7-11-17-13-10-8-9-12(16-13)14(15)18/h8-10H,2-7,11H2,1H3,(H2,15,18). The van der Waals surface area contributed by atoms with Gasteiger partial charge >= 0.3 is 0 Å². The third kappa shape index (κ3) is 5.96. The Morgan fingerprint density at radius 2 is 1.94 bits per heavy atom. The molecule has 0 amide bonds. The molecule has 3 nitrogen and oxygen atoms in total. The molecular formula is C14H22N2OS. The van der Waals surface area contributed by atoms with E-state index in [4.69, 9.17) is 22.7 Å². The number of rotatable bonds is 9. The maximum absolute atomic E-state index is 5.58. The van der Waals surface area contributed by atoms with Crippen molar-refractivity contribution in [2.75, 3.05) is 6.61 Å². The predicted octanol–water partition coefficient (Wildman–Crippen LogP) is 3.46. The molecule has 0 radical (unpaired) electrons. The fourth-order valence-corrected chi connectivity index (χ4v) is 1.81. The molecule has 0 saturated carbocycles. The largest absolute Gasteiger partial charge is 0.478 e. The number of nitrogens with zero attached hydrogens (tertiary/aromatic N) is 1. The van der Waals surface area contributed by atoms with Gasteiger partial charge < -0.3 is 10.5 Å². The van der Waals surface area contributed by atoms with Gasteiger partial charge in [0.05, 0.1) is 6.61 Å². The van der Waals surface area contributed by atoms with E-state index in [-0.39, 0.29) is 0 Å². The monoisotopic (exact) mass is 266 g/mol. The van der Waals surface area contributed by atoms with E-state index in [9.17, 15) is 0 Å². The average molecular weight is 266 g/mol. The Bertz CT molecular complexity index is 369. The summed E-state index contributed by atoms with van der Waals surface area (Å²) in [5.74, 6) is 0.605. The molecule has 0 spiro atoms. The van der Waals surface area contributed by atoms with E-state index in [1.165, 1.54) is 32.1 Å². The van der Waals surface area contributed by atoms with Crippen LogP contribution in [0.2, 0.25) is 0 Å². The first-order chi connectivity index (χ1) is 8.74. The number of hydrogen-bond acceptors (Lipinski definition) is 3. The van der Waals surface area contributed by atoms with Crippen LogP contribution in [0.15, 0.2) is 18.2 Å². The van der Waals surface area contributed by atoms with Crippen molar-refractivity contribution in [1.82, 2.24) is 4.98 Å². The fourth-order valence-electron chi connectivity index (χ4n) is 1.69. The number of unbranched alkanes of at least 4 members (excludes halogenated alkanes) is 5. The maximum Gasteiger partial charge on any atom is 0.213 e. The lowest BCUT2D eigenvalue weighted by Crippen LogP contribution is -2.12. The molecule has 1 rings (SSSR count). The van der Waals surface area contributed by atoms with E-state index in [0.29, 0.717) is 23.2 Å². The Morgan fingerprint density at radius 1 is 1.22 bits per heavy atom. The van der Waals surface area contributed by atoms with E-state index in [1.807, 2.05) is 12.1 Å².